The van der Waals surface area contributed by atoms with Gasteiger partial charge in [-0.25, -0.2) is 9.78 Å². The third-order valence-electron chi connectivity index (χ3n) is 4.12. The summed E-state index contributed by atoms with van der Waals surface area (Å²) in [6.07, 6.45) is -0.0268. The number of anilines is 1. The third kappa shape index (κ3) is 4.45. The van der Waals surface area contributed by atoms with Crippen LogP contribution in [0.1, 0.15) is 40.5 Å². The molecule has 2 heterocycles. The lowest BCUT2D eigenvalue weighted by atomic mass is 10.1. The van der Waals surface area contributed by atoms with Gasteiger partial charge < -0.3 is 14.6 Å². The van der Waals surface area contributed by atoms with E-state index in [1.54, 1.807) is 19.9 Å². The van der Waals surface area contributed by atoms with Gasteiger partial charge in [-0.2, -0.15) is 0 Å². The average molecular weight is 399 g/mol. The maximum Gasteiger partial charge on any atom is 0.351 e. The highest BCUT2D eigenvalue weighted by molar-refractivity contribution is 7.17. The summed E-state index contributed by atoms with van der Waals surface area (Å²) < 4.78 is 10.2. The molecule has 0 spiro atoms. The van der Waals surface area contributed by atoms with Gasteiger partial charge in [0.2, 0.25) is 0 Å². The molecule has 146 valence electrons. The molecular formula is C20H21N3O4S. The van der Waals surface area contributed by atoms with E-state index in [0.29, 0.717) is 16.3 Å². The normalized spacial score (nSPS) is 11.9. The zero-order chi connectivity index (χ0) is 20.3. The second-order valence-electron chi connectivity index (χ2n) is 6.34. The van der Waals surface area contributed by atoms with Crippen LogP contribution in [0.25, 0.3) is 10.6 Å². The fourth-order valence-electron chi connectivity index (χ4n) is 2.51. The Morgan fingerprint density at radius 3 is 2.57 bits per heavy atom. The second-order valence-corrected chi connectivity index (χ2v) is 7.34. The van der Waals surface area contributed by atoms with Crippen LogP contribution in [-0.4, -0.2) is 28.1 Å². The standard InChI is InChI=1S/C20H21N3O4S/c1-5-14-6-8-15(9-7-14)19-21-12(3)17(28-19)20(25)26-13(4)18(24)22-16-10-11(2)27-23-16/h6-10,13H,5H2,1-4H3,(H,22,23,24). The maximum absolute atomic E-state index is 12.5. The molecule has 0 aliphatic heterocycles. The predicted octanol–water partition coefficient (Wildman–Crippen LogP) is 4.16. The number of aromatic nitrogens is 2. The van der Waals surface area contributed by atoms with E-state index >= 15 is 0 Å². The fourth-order valence-corrected chi connectivity index (χ4v) is 3.47. The molecule has 0 bridgehead atoms. The van der Waals surface area contributed by atoms with Gasteiger partial charge in [0.05, 0.1) is 5.69 Å². The molecule has 0 aliphatic carbocycles. The van der Waals surface area contributed by atoms with E-state index in [1.165, 1.54) is 23.8 Å². The molecule has 3 aromatic rings. The van der Waals surface area contributed by atoms with E-state index < -0.39 is 18.0 Å². The number of esters is 1. The molecule has 3 rings (SSSR count). The van der Waals surface area contributed by atoms with Crippen LogP contribution in [0.2, 0.25) is 0 Å². The zero-order valence-corrected chi connectivity index (χ0v) is 16.9. The first-order valence-corrected chi connectivity index (χ1v) is 9.71. The zero-order valence-electron chi connectivity index (χ0n) is 16.1. The number of thiazole rings is 1. The molecule has 8 heteroatoms. The Hall–Kier alpha value is -3.00. The quantitative estimate of drug-likeness (QED) is 0.626. The minimum Gasteiger partial charge on any atom is -0.448 e. The van der Waals surface area contributed by atoms with E-state index in [-0.39, 0.29) is 5.82 Å². The lowest BCUT2D eigenvalue weighted by Gasteiger charge is -2.11. The molecule has 1 N–H and O–H groups in total. The van der Waals surface area contributed by atoms with Crippen LogP contribution in [-0.2, 0) is 16.0 Å². The smallest absolute Gasteiger partial charge is 0.351 e. The molecule has 0 saturated carbocycles. The average Bonchev–Trinajstić information content (AvgIpc) is 3.27. The summed E-state index contributed by atoms with van der Waals surface area (Å²) in [6.45, 7) is 7.06. The highest BCUT2D eigenvalue weighted by atomic mass is 32.1. The van der Waals surface area contributed by atoms with E-state index in [2.05, 4.69) is 22.4 Å². The lowest BCUT2D eigenvalue weighted by Crippen LogP contribution is -2.30. The van der Waals surface area contributed by atoms with Crippen molar-refractivity contribution in [3.8, 4) is 10.6 Å². The number of nitrogens with one attached hydrogen (secondary N) is 1. The van der Waals surface area contributed by atoms with E-state index in [0.717, 1.165) is 17.0 Å². The van der Waals surface area contributed by atoms with Crippen molar-refractivity contribution in [2.24, 2.45) is 0 Å². The summed E-state index contributed by atoms with van der Waals surface area (Å²) >= 11 is 1.25. The molecule has 7 nitrogen and oxygen atoms in total. The Kier molecular flexibility index (Phi) is 5.89. The van der Waals surface area contributed by atoms with Crippen LogP contribution in [0.4, 0.5) is 5.82 Å². The highest BCUT2D eigenvalue weighted by Gasteiger charge is 2.23. The number of aryl methyl sites for hydroxylation is 3. The van der Waals surface area contributed by atoms with Gasteiger partial charge in [0.1, 0.15) is 15.6 Å². The largest absolute Gasteiger partial charge is 0.448 e. The molecule has 0 saturated heterocycles. The predicted molar refractivity (Wildman–Crippen MR) is 106 cm³/mol. The molecule has 0 fully saturated rings. The first-order valence-electron chi connectivity index (χ1n) is 8.89. The minimum atomic E-state index is -0.988. The van der Waals surface area contributed by atoms with Crippen LogP contribution in [0, 0.1) is 13.8 Å². The molecule has 1 amide bonds. The number of nitrogens with zero attached hydrogens (tertiary/aromatic N) is 2. The van der Waals surface area contributed by atoms with Crippen LogP contribution in [0.5, 0.6) is 0 Å². The third-order valence-corrected chi connectivity index (χ3v) is 5.31. The van der Waals surface area contributed by atoms with Crippen LogP contribution in [0.15, 0.2) is 34.9 Å². The summed E-state index contributed by atoms with van der Waals surface area (Å²) in [5.74, 6) is -0.221. The van der Waals surface area contributed by atoms with Crippen LogP contribution in [0.3, 0.4) is 0 Å². The van der Waals surface area contributed by atoms with Gasteiger partial charge >= 0.3 is 5.97 Å². The molecule has 0 aliphatic rings. The molecule has 1 aromatic carbocycles. The Bertz CT molecular complexity index is 991. The monoisotopic (exact) mass is 399 g/mol. The van der Waals surface area contributed by atoms with Crippen molar-refractivity contribution in [1.29, 1.82) is 0 Å². The van der Waals surface area contributed by atoms with Crippen molar-refractivity contribution in [2.45, 2.75) is 40.2 Å². The Labute approximate surface area is 166 Å². The second kappa shape index (κ2) is 8.35. The Balaban J connectivity index is 1.68. The van der Waals surface area contributed by atoms with Crippen molar-refractivity contribution >= 4 is 29.0 Å². The minimum absolute atomic E-state index is 0.275. The summed E-state index contributed by atoms with van der Waals surface area (Å²) in [5, 5.41) is 6.96. The Morgan fingerprint density at radius 2 is 1.96 bits per heavy atom. The number of ether oxygens (including phenoxy) is 1. The molecule has 1 atom stereocenters. The topological polar surface area (TPSA) is 94.3 Å². The van der Waals surface area contributed by atoms with Crippen LogP contribution < -0.4 is 5.32 Å². The van der Waals surface area contributed by atoms with E-state index in [4.69, 9.17) is 9.26 Å². The fraction of sp³-hybridized carbons (Fsp3) is 0.300. The summed E-state index contributed by atoms with van der Waals surface area (Å²) in [5.41, 5.74) is 2.75. The van der Waals surface area contributed by atoms with Gasteiger partial charge in [-0.1, -0.05) is 36.3 Å². The molecule has 2 aromatic heterocycles. The van der Waals surface area contributed by atoms with E-state index in [1.807, 2.05) is 24.3 Å². The van der Waals surface area contributed by atoms with Crippen molar-refractivity contribution in [1.82, 2.24) is 10.1 Å². The van der Waals surface area contributed by atoms with Gasteiger partial charge in [0.25, 0.3) is 5.91 Å². The van der Waals surface area contributed by atoms with Crippen molar-refractivity contribution in [3.05, 3.63) is 52.2 Å². The lowest BCUT2D eigenvalue weighted by molar-refractivity contribution is -0.123. The van der Waals surface area contributed by atoms with Crippen molar-refractivity contribution in [3.63, 3.8) is 0 Å². The Morgan fingerprint density at radius 1 is 1.25 bits per heavy atom. The van der Waals surface area contributed by atoms with Gasteiger partial charge in [-0.05, 0) is 32.8 Å². The number of hydrogen-bond donors (Lipinski definition) is 1. The summed E-state index contributed by atoms with van der Waals surface area (Å²) in [6, 6.07) is 9.64. The van der Waals surface area contributed by atoms with Gasteiger partial charge in [0, 0.05) is 11.6 Å². The number of rotatable bonds is 6. The number of carbonyl (C=O) groups excluding carboxylic acids is 2. The summed E-state index contributed by atoms with van der Waals surface area (Å²) in [7, 11) is 0. The highest BCUT2D eigenvalue weighted by Crippen LogP contribution is 2.29. The first kappa shape index (κ1) is 19.8. The molecule has 1 unspecified atom stereocenters. The van der Waals surface area contributed by atoms with E-state index in [9.17, 15) is 9.59 Å². The molecular weight excluding hydrogens is 378 g/mol. The van der Waals surface area contributed by atoms with Crippen LogP contribution >= 0.6 is 11.3 Å². The van der Waals surface area contributed by atoms with Gasteiger partial charge in [-0.15, -0.1) is 11.3 Å². The van der Waals surface area contributed by atoms with Gasteiger partial charge in [0.15, 0.2) is 11.9 Å². The van der Waals surface area contributed by atoms with Crippen molar-refractivity contribution < 1.29 is 18.8 Å². The first-order chi connectivity index (χ1) is 13.4. The van der Waals surface area contributed by atoms with Crippen molar-refractivity contribution in [2.75, 3.05) is 5.32 Å². The summed E-state index contributed by atoms with van der Waals surface area (Å²) in [4.78, 5) is 29.6. The number of hydrogen-bond acceptors (Lipinski definition) is 7. The van der Waals surface area contributed by atoms with Gasteiger partial charge in [-0.3, -0.25) is 4.79 Å². The number of amides is 1. The SMILES string of the molecule is CCc1ccc(-c2nc(C)c(C(=O)OC(C)C(=O)Nc3cc(C)on3)s2)cc1. The number of carbonyl (C=O) groups is 2. The maximum atomic E-state index is 12.5. The number of benzene rings is 1. The molecule has 0 radical (unpaired) electrons. The molecule has 28 heavy (non-hydrogen) atoms.